The van der Waals surface area contributed by atoms with Gasteiger partial charge in [0.25, 0.3) is 0 Å². The van der Waals surface area contributed by atoms with Crippen LogP contribution in [-0.4, -0.2) is 36.9 Å². The Hall–Kier alpha value is -1.66. The number of halogens is 1. The molecule has 5 nitrogen and oxygen atoms in total. The van der Waals surface area contributed by atoms with Crippen LogP contribution in [0.3, 0.4) is 0 Å². The molecule has 0 spiro atoms. The predicted molar refractivity (Wildman–Crippen MR) is 80.9 cm³/mol. The summed E-state index contributed by atoms with van der Waals surface area (Å²) < 4.78 is 18.2. The molecule has 0 unspecified atom stereocenters. The van der Waals surface area contributed by atoms with Crippen LogP contribution < -0.4 is 10.6 Å². The lowest BCUT2D eigenvalue weighted by molar-refractivity contribution is 0.0591. The van der Waals surface area contributed by atoms with Crippen molar-refractivity contribution >= 4 is 6.03 Å². The van der Waals surface area contributed by atoms with E-state index in [9.17, 15) is 14.3 Å². The number of rotatable bonds is 5. The van der Waals surface area contributed by atoms with Crippen molar-refractivity contribution < 1.29 is 19.0 Å². The monoisotopic (exact) mass is 310 g/mol. The van der Waals surface area contributed by atoms with Crippen LogP contribution in [0.25, 0.3) is 0 Å². The Bertz CT molecular complexity index is 499. The molecule has 2 amide bonds. The van der Waals surface area contributed by atoms with E-state index in [0.717, 1.165) is 13.0 Å². The Balaban J connectivity index is 1.82. The fraction of sp³-hybridized carbons (Fsp3) is 0.562. The third-order valence-electron chi connectivity index (χ3n) is 4.09. The minimum absolute atomic E-state index is 0.0123. The predicted octanol–water partition coefficient (Wildman–Crippen LogP) is 1.76. The summed E-state index contributed by atoms with van der Waals surface area (Å²) in [7, 11) is 0. The van der Waals surface area contributed by atoms with Gasteiger partial charge in [0.15, 0.2) is 0 Å². The molecule has 1 aromatic rings. The highest BCUT2D eigenvalue weighted by atomic mass is 19.1. The van der Waals surface area contributed by atoms with Crippen molar-refractivity contribution in [3.05, 3.63) is 35.6 Å². The van der Waals surface area contributed by atoms with Crippen LogP contribution in [0, 0.1) is 11.7 Å². The molecule has 1 heterocycles. The van der Waals surface area contributed by atoms with E-state index in [1.807, 2.05) is 6.92 Å². The van der Waals surface area contributed by atoms with Gasteiger partial charge in [-0.15, -0.1) is 0 Å². The van der Waals surface area contributed by atoms with Gasteiger partial charge in [-0.05, 0) is 38.0 Å². The summed E-state index contributed by atoms with van der Waals surface area (Å²) in [6.45, 7) is 4.95. The lowest BCUT2D eigenvalue weighted by Crippen LogP contribution is -2.48. The SMILES string of the molecule is C[C@H](NC(=O)NC[C@@](C)(O)c1ccc(F)cc1)[C@@H]1CCOC1. The zero-order chi connectivity index (χ0) is 16.2. The maximum Gasteiger partial charge on any atom is 0.315 e. The third kappa shape index (κ3) is 4.42. The average Bonchev–Trinajstić information content (AvgIpc) is 3.00. The molecule has 1 aromatic carbocycles. The smallest absolute Gasteiger partial charge is 0.315 e. The van der Waals surface area contributed by atoms with E-state index in [1.165, 1.54) is 24.3 Å². The quantitative estimate of drug-likeness (QED) is 0.776. The topological polar surface area (TPSA) is 70.6 Å². The number of hydrogen-bond donors (Lipinski definition) is 3. The molecule has 1 saturated heterocycles. The number of amides is 2. The third-order valence-corrected chi connectivity index (χ3v) is 4.09. The maximum absolute atomic E-state index is 12.9. The molecule has 22 heavy (non-hydrogen) atoms. The molecule has 0 radical (unpaired) electrons. The van der Waals surface area contributed by atoms with Crippen molar-refractivity contribution in [2.24, 2.45) is 5.92 Å². The Morgan fingerprint density at radius 2 is 2.18 bits per heavy atom. The first-order valence-electron chi connectivity index (χ1n) is 7.49. The number of hydrogen-bond acceptors (Lipinski definition) is 3. The van der Waals surface area contributed by atoms with Crippen LogP contribution in [0.4, 0.5) is 9.18 Å². The van der Waals surface area contributed by atoms with Gasteiger partial charge in [0.05, 0.1) is 13.2 Å². The second kappa shape index (κ2) is 7.07. The van der Waals surface area contributed by atoms with E-state index in [4.69, 9.17) is 4.74 Å². The lowest BCUT2D eigenvalue weighted by atomic mass is 9.96. The fourth-order valence-corrected chi connectivity index (χ4v) is 2.49. The largest absolute Gasteiger partial charge is 0.384 e. The number of ether oxygens (including phenoxy) is 1. The van der Waals surface area contributed by atoms with Crippen molar-refractivity contribution in [1.29, 1.82) is 0 Å². The van der Waals surface area contributed by atoms with Crippen LogP contribution in [-0.2, 0) is 10.3 Å². The molecule has 1 aliphatic heterocycles. The first-order valence-corrected chi connectivity index (χ1v) is 7.49. The van der Waals surface area contributed by atoms with E-state index in [2.05, 4.69) is 10.6 Å². The highest BCUT2D eigenvalue weighted by molar-refractivity contribution is 5.74. The number of carbonyl (C=O) groups is 1. The number of urea groups is 1. The first-order chi connectivity index (χ1) is 10.4. The molecule has 0 saturated carbocycles. The van der Waals surface area contributed by atoms with Gasteiger partial charge in [-0.25, -0.2) is 9.18 Å². The summed E-state index contributed by atoms with van der Waals surface area (Å²) in [4.78, 5) is 11.9. The summed E-state index contributed by atoms with van der Waals surface area (Å²) in [5.41, 5.74) is -0.712. The molecule has 6 heteroatoms. The Kier molecular flexibility index (Phi) is 5.37. The number of nitrogens with one attached hydrogen (secondary N) is 2. The van der Waals surface area contributed by atoms with Gasteiger partial charge >= 0.3 is 6.03 Å². The maximum atomic E-state index is 12.9. The van der Waals surface area contributed by atoms with Crippen LogP contribution in [0.15, 0.2) is 24.3 Å². The second-order valence-corrected chi connectivity index (χ2v) is 6.02. The standard InChI is InChI=1S/C16H23FN2O3/c1-11(12-7-8-22-9-12)19-15(20)18-10-16(2,21)13-3-5-14(17)6-4-13/h3-6,11-12,21H,7-10H2,1-2H3,(H2,18,19,20)/t11-,12+,16+/m0/s1. The van der Waals surface area contributed by atoms with E-state index >= 15 is 0 Å². The number of benzene rings is 1. The van der Waals surface area contributed by atoms with E-state index in [-0.39, 0.29) is 24.4 Å². The lowest BCUT2D eigenvalue weighted by Gasteiger charge is -2.25. The van der Waals surface area contributed by atoms with E-state index in [1.54, 1.807) is 6.92 Å². The molecule has 0 bridgehead atoms. The Morgan fingerprint density at radius 3 is 2.77 bits per heavy atom. The van der Waals surface area contributed by atoms with Gasteiger partial charge in [-0.1, -0.05) is 12.1 Å². The van der Waals surface area contributed by atoms with Crippen LogP contribution in [0.1, 0.15) is 25.8 Å². The highest BCUT2D eigenvalue weighted by Crippen LogP contribution is 2.20. The first kappa shape index (κ1) is 16.7. The van der Waals surface area contributed by atoms with E-state index < -0.39 is 5.60 Å². The summed E-state index contributed by atoms with van der Waals surface area (Å²) >= 11 is 0. The summed E-state index contributed by atoms with van der Waals surface area (Å²) in [6.07, 6.45) is 0.939. The minimum Gasteiger partial charge on any atom is -0.384 e. The molecular weight excluding hydrogens is 287 g/mol. The molecule has 2 rings (SSSR count). The summed E-state index contributed by atoms with van der Waals surface area (Å²) in [5, 5.41) is 15.9. The normalized spacial score (nSPS) is 21.9. The Labute approximate surface area is 129 Å². The molecular formula is C16H23FN2O3. The molecule has 122 valence electrons. The van der Waals surface area contributed by atoms with Gasteiger partial charge in [0.1, 0.15) is 11.4 Å². The van der Waals surface area contributed by atoms with Crippen molar-refractivity contribution in [1.82, 2.24) is 10.6 Å². The molecule has 3 atom stereocenters. The zero-order valence-electron chi connectivity index (χ0n) is 12.9. The number of aliphatic hydroxyl groups is 1. The summed E-state index contributed by atoms with van der Waals surface area (Å²) in [6, 6.07) is 5.26. The average molecular weight is 310 g/mol. The van der Waals surface area contributed by atoms with Crippen molar-refractivity contribution in [2.75, 3.05) is 19.8 Å². The van der Waals surface area contributed by atoms with Gasteiger partial charge in [0, 0.05) is 18.6 Å². The fourth-order valence-electron chi connectivity index (χ4n) is 2.49. The van der Waals surface area contributed by atoms with Gasteiger partial charge in [-0.3, -0.25) is 0 Å². The molecule has 3 N–H and O–H groups in total. The zero-order valence-corrected chi connectivity index (χ0v) is 12.9. The van der Waals surface area contributed by atoms with Gasteiger partial charge in [-0.2, -0.15) is 0 Å². The number of carbonyl (C=O) groups excluding carboxylic acids is 1. The summed E-state index contributed by atoms with van der Waals surface area (Å²) in [5.74, 6) is -0.0405. The minimum atomic E-state index is -1.26. The second-order valence-electron chi connectivity index (χ2n) is 6.02. The van der Waals surface area contributed by atoms with Crippen LogP contribution >= 0.6 is 0 Å². The van der Waals surface area contributed by atoms with Crippen molar-refractivity contribution in [3.63, 3.8) is 0 Å². The van der Waals surface area contributed by atoms with E-state index in [0.29, 0.717) is 18.1 Å². The van der Waals surface area contributed by atoms with Crippen molar-refractivity contribution in [2.45, 2.75) is 31.9 Å². The molecule has 0 aliphatic carbocycles. The molecule has 0 aromatic heterocycles. The van der Waals surface area contributed by atoms with Crippen LogP contribution in [0.2, 0.25) is 0 Å². The van der Waals surface area contributed by atoms with Gasteiger partial charge < -0.3 is 20.5 Å². The molecule has 1 fully saturated rings. The highest BCUT2D eigenvalue weighted by Gasteiger charge is 2.26. The van der Waals surface area contributed by atoms with Crippen LogP contribution in [0.5, 0.6) is 0 Å². The van der Waals surface area contributed by atoms with Gasteiger partial charge in [0.2, 0.25) is 0 Å². The van der Waals surface area contributed by atoms with Crippen molar-refractivity contribution in [3.8, 4) is 0 Å². The Morgan fingerprint density at radius 1 is 1.50 bits per heavy atom. The molecule has 1 aliphatic rings.